The minimum atomic E-state index is -0.496. The summed E-state index contributed by atoms with van der Waals surface area (Å²) >= 11 is 7.43. The molecule has 1 amide bonds. The first-order chi connectivity index (χ1) is 11.6. The molecule has 0 saturated carbocycles. The van der Waals surface area contributed by atoms with Crippen LogP contribution in [-0.4, -0.2) is 35.3 Å². The third kappa shape index (κ3) is 2.72. The van der Waals surface area contributed by atoms with Crippen molar-refractivity contribution >= 4 is 34.6 Å². The fraction of sp³-hybridized carbons (Fsp3) is 0.333. The summed E-state index contributed by atoms with van der Waals surface area (Å²) in [6.45, 7) is 1.21. The number of benzene rings is 1. The predicted molar refractivity (Wildman–Crippen MR) is 93.2 cm³/mol. The summed E-state index contributed by atoms with van der Waals surface area (Å²) in [4.78, 5) is 27.5. The molecule has 0 radical (unpaired) electrons. The van der Waals surface area contributed by atoms with E-state index >= 15 is 0 Å². The van der Waals surface area contributed by atoms with E-state index < -0.39 is 5.60 Å². The number of ether oxygens (including phenoxy) is 1. The molecule has 2 aromatic rings. The molecule has 1 aromatic carbocycles. The van der Waals surface area contributed by atoms with Crippen LogP contribution in [0.4, 0.5) is 0 Å². The van der Waals surface area contributed by atoms with Gasteiger partial charge < -0.3 is 9.64 Å². The predicted octanol–water partition coefficient (Wildman–Crippen LogP) is 4.04. The van der Waals surface area contributed by atoms with Crippen molar-refractivity contribution < 1.29 is 14.3 Å². The summed E-state index contributed by atoms with van der Waals surface area (Å²) in [6, 6.07) is 8.90. The van der Waals surface area contributed by atoms with E-state index in [1.165, 1.54) is 11.3 Å². The van der Waals surface area contributed by atoms with E-state index in [9.17, 15) is 9.59 Å². The number of hydrogen-bond donors (Lipinski definition) is 0. The van der Waals surface area contributed by atoms with Crippen molar-refractivity contribution in [2.75, 3.05) is 13.1 Å². The molecule has 2 aliphatic rings. The van der Waals surface area contributed by atoms with Gasteiger partial charge in [0.1, 0.15) is 11.4 Å². The van der Waals surface area contributed by atoms with Gasteiger partial charge in [-0.1, -0.05) is 17.7 Å². The number of rotatable bonds is 1. The molecule has 1 spiro atoms. The van der Waals surface area contributed by atoms with E-state index in [2.05, 4.69) is 0 Å². The maximum atomic E-state index is 12.5. The van der Waals surface area contributed by atoms with E-state index in [1.807, 2.05) is 22.4 Å². The number of fused-ring (bicyclic) bond motifs is 1. The zero-order valence-corrected chi connectivity index (χ0v) is 14.5. The van der Waals surface area contributed by atoms with Crippen molar-refractivity contribution in [2.24, 2.45) is 0 Å². The number of hydrogen-bond acceptors (Lipinski definition) is 4. The Morgan fingerprint density at radius 3 is 2.75 bits per heavy atom. The van der Waals surface area contributed by atoms with Gasteiger partial charge in [0.25, 0.3) is 5.91 Å². The SMILES string of the molecule is O=C1CC2(CCN(C(=O)c3cccs3)CC2)Oc2ccc(Cl)cc21. The number of likely N-dealkylation sites (tertiary alicyclic amines) is 1. The van der Waals surface area contributed by atoms with Gasteiger partial charge in [0.2, 0.25) is 0 Å². The molecule has 0 bridgehead atoms. The van der Waals surface area contributed by atoms with Crippen molar-refractivity contribution in [2.45, 2.75) is 24.9 Å². The maximum Gasteiger partial charge on any atom is 0.263 e. The summed E-state index contributed by atoms with van der Waals surface area (Å²) in [6.07, 6.45) is 1.68. The van der Waals surface area contributed by atoms with Crippen LogP contribution < -0.4 is 4.74 Å². The minimum absolute atomic E-state index is 0.0640. The number of carbonyl (C=O) groups excluding carboxylic acids is 2. The smallest absolute Gasteiger partial charge is 0.263 e. The molecule has 1 saturated heterocycles. The van der Waals surface area contributed by atoms with Crippen LogP contribution in [0, 0.1) is 0 Å². The van der Waals surface area contributed by atoms with Crippen molar-refractivity contribution in [3.8, 4) is 5.75 Å². The molecule has 1 aromatic heterocycles. The first-order valence-corrected chi connectivity index (χ1v) is 9.17. The molecule has 4 nitrogen and oxygen atoms in total. The number of ketones is 1. The normalized spacial score (nSPS) is 19.0. The lowest BCUT2D eigenvalue weighted by Crippen LogP contribution is -2.52. The maximum absolute atomic E-state index is 12.5. The Labute approximate surface area is 149 Å². The summed E-state index contributed by atoms with van der Waals surface area (Å²) < 4.78 is 6.19. The van der Waals surface area contributed by atoms with Gasteiger partial charge in [-0.3, -0.25) is 9.59 Å². The molecule has 0 aliphatic carbocycles. The fourth-order valence-corrected chi connectivity index (χ4v) is 4.28. The molecule has 4 rings (SSSR count). The average molecular weight is 362 g/mol. The third-order valence-electron chi connectivity index (χ3n) is 4.75. The summed E-state index contributed by atoms with van der Waals surface area (Å²) in [7, 11) is 0. The molecule has 124 valence electrons. The highest BCUT2D eigenvalue weighted by Gasteiger charge is 2.43. The van der Waals surface area contributed by atoms with Crippen LogP contribution >= 0.6 is 22.9 Å². The molecular weight excluding hydrogens is 346 g/mol. The molecule has 3 heterocycles. The molecular formula is C18H16ClNO3S. The van der Waals surface area contributed by atoms with Gasteiger partial charge in [0.15, 0.2) is 5.78 Å². The molecule has 24 heavy (non-hydrogen) atoms. The van der Waals surface area contributed by atoms with Crippen LogP contribution in [0.1, 0.15) is 39.3 Å². The Morgan fingerprint density at radius 1 is 1.25 bits per heavy atom. The van der Waals surface area contributed by atoms with Crippen LogP contribution in [0.2, 0.25) is 5.02 Å². The molecule has 6 heteroatoms. The van der Waals surface area contributed by atoms with Crippen LogP contribution in [0.3, 0.4) is 0 Å². The highest BCUT2D eigenvalue weighted by atomic mass is 35.5. The first kappa shape index (κ1) is 15.7. The quantitative estimate of drug-likeness (QED) is 0.770. The fourth-order valence-electron chi connectivity index (χ4n) is 3.42. The topological polar surface area (TPSA) is 46.6 Å². The molecule has 2 aliphatic heterocycles. The standard InChI is InChI=1S/C18H16ClNO3S/c19-12-3-4-15-13(10-12)14(21)11-18(23-15)5-7-20(8-6-18)17(22)16-2-1-9-24-16/h1-4,9-10H,5-8,11H2. The van der Waals surface area contributed by atoms with Crippen LogP contribution in [-0.2, 0) is 0 Å². The van der Waals surface area contributed by atoms with Gasteiger partial charge in [0, 0.05) is 31.0 Å². The molecule has 0 unspecified atom stereocenters. The van der Waals surface area contributed by atoms with Gasteiger partial charge >= 0.3 is 0 Å². The van der Waals surface area contributed by atoms with Gasteiger partial charge in [-0.05, 0) is 29.6 Å². The van der Waals surface area contributed by atoms with Gasteiger partial charge in [0.05, 0.1) is 16.9 Å². The van der Waals surface area contributed by atoms with Crippen LogP contribution in [0.25, 0.3) is 0 Å². The Morgan fingerprint density at radius 2 is 2.04 bits per heavy atom. The average Bonchev–Trinajstić information content (AvgIpc) is 3.10. The second-order valence-electron chi connectivity index (χ2n) is 6.30. The van der Waals surface area contributed by atoms with Crippen molar-refractivity contribution in [1.29, 1.82) is 0 Å². The lowest BCUT2D eigenvalue weighted by molar-refractivity contribution is -0.00558. The second kappa shape index (κ2) is 5.90. The van der Waals surface area contributed by atoms with E-state index in [0.29, 0.717) is 48.7 Å². The number of carbonyl (C=O) groups is 2. The van der Waals surface area contributed by atoms with E-state index in [0.717, 1.165) is 4.88 Å². The zero-order valence-electron chi connectivity index (χ0n) is 13.0. The Hall–Kier alpha value is -1.85. The van der Waals surface area contributed by atoms with Crippen LogP contribution in [0.15, 0.2) is 35.7 Å². The monoisotopic (exact) mass is 361 g/mol. The Balaban J connectivity index is 1.50. The summed E-state index contributed by atoms with van der Waals surface area (Å²) in [5.41, 5.74) is 0.0645. The second-order valence-corrected chi connectivity index (χ2v) is 7.68. The summed E-state index contributed by atoms with van der Waals surface area (Å²) in [5, 5.41) is 2.45. The van der Waals surface area contributed by atoms with Gasteiger partial charge in [-0.2, -0.15) is 0 Å². The molecule has 0 N–H and O–H groups in total. The molecule has 0 atom stereocenters. The van der Waals surface area contributed by atoms with E-state index in [-0.39, 0.29) is 11.7 Å². The Kier molecular flexibility index (Phi) is 3.85. The number of nitrogens with zero attached hydrogens (tertiary/aromatic N) is 1. The Bertz CT molecular complexity index is 795. The minimum Gasteiger partial charge on any atom is -0.486 e. The number of amides is 1. The van der Waals surface area contributed by atoms with Crippen molar-refractivity contribution in [1.82, 2.24) is 4.90 Å². The lowest BCUT2D eigenvalue weighted by atomic mass is 9.82. The summed E-state index contributed by atoms with van der Waals surface area (Å²) in [5.74, 6) is 0.736. The van der Waals surface area contributed by atoms with Gasteiger partial charge in [-0.15, -0.1) is 11.3 Å². The van der Waals surface area contributed by atoms with Crippen LogP contribution in [0.5, 0.6) is 5.75 Å². The number of Topliss-reactive ketones (excluding diaryl/α,β-unsaturated/α-hetero) is 1. The van der Waals surface area contributed by atoms with Crippen molar-refractivity contribution in [3.63, 3.8) is 0 Å². The number of thiophene rings is 1. The number of halogens is 1. The van der Waals surface area contributed by atoms with E-state index in [1.54, 1.807) is 18.2 Å². The highest BCUT2D eigenvalue weighted by Crippen LogP contribution is 2.40. The largest absolute Gasteiger partial charge is 0.486 e. The lowest BCUT2D eigenvalue weighted by Gasteiger charge is -2.43. The van der Waals surface area contributed by atoms with Crippen molar-refractivity contribution in [3.05, 3.63) is 51.2 Å². The first-order valence-electron chi connectivity index (χ1n) is 7.91. The highest BCUT2D eigenvalue weighted by molar-refractivity contribution is 7.12. The molecule has 1 fully saturated rings. The third-order valence-corrected chi connectivity index (χ3v) is 5.84. The van der Waals surface area contributed by atoms with E-state index in [4.69, 9.17) is 16.3 Å². The number of piperidine rings is 1. The zero-order chi connectivity index (χ0) is 16.7. The van der Waals surface area contributed by atoms with Gasteiger partial charge in [-0.25, -0.2) is 0 Å².